The van der Waals surface area contributed by atoms with Crippen LogP contribution in [-0.2, 0) is 11.3 Å². The lowest BCUT2D eigenvalue weighted by molar-refractivity contribution is -0.0200. The summed E-state index contributed by atoms with van der Waals surface area (Å²) >= 11 is 0. The SMILES string of the molecule is N[C@H]1C[C@H](OCc2cccnc2F)C1. The van der Waals surface area contributed by atoms with E-state index in [0.29, 0.717) is 5.56 Å². The van der Waals surface area contributed by atoms with Gasteiger partial charge in [0.2, 0.25) is 5.95 Å². The molecular weight excluding hydrogens is 183 g/mol. The molecule has 0 aromatic carbocycles. The van der Waals surface area contributed by atoms with Gasteiger partial charge in [0.1, 0.15) is 0 Å². The standard InChI is InChI=1S/C10H13FN2O/c11-10-7(2-1-3-13-10)6-14-9-4-8(12)5-9/h1-3,8-9H,4-6,12H2/t8-,9-. The zero-order valence-electron chi connectivity index (χ0n) is 7.82. The summed E-state index contributed by atoms with van der Waals surface area (Å²) in [5, 5.41) is 0. The average molecular weight is 196 g/mol. The van der Waals surface area contributed by atoms with Gasteiger partial charge in [0.25, 0.3) is 0 Å². The second-order valence-electron chi connectivity index (χ2n) is 3.62. The van der Waals surface area contributed by atoms with Crippen molar-refractivity contribution in [1.82, 2.24) is 4.98 Å². The molecule has 1 aromatic rings. The molecule has 0 atom stereocenters. The van der Waals surface area contributed by atoms with Gasteiger partial charge in [-0.05, 0) is 18.9 Å². The van der Waals surface area contributed by atoms with E-state index in [4.69, 9.17) is 10.5 Å². The molecule has 0 unspecified atom stereocenters. The summed E-state index contributed by atoms with van der Waals surface area (Å²) in [6, 6.07) is 3.65. The molecule has 1 heterocycles. The summed E-state index contributed by atoms with van der Waals surface area (Å²) in [6.07, 6.45) is 3.38. The minimum absolute atomic E-state index is 0.199. The maximum Gasteiger partial charge on any atom is 0.218 e. The summed E-state index contributed by atoms with van der Waals surface area (Å²) in [4.78, 5) is 3.54. The monoisotopic (exact) mass is 196 g/mol. The second kappa shape index (κ2) is 4.02. The minimum Gasteiger partial charge on any atom is -0.373 e. The fraction of sp³-hybridized carbons (Fsp3) is 0.500. The van der Waals surface area contributed by atoms with Crippen LogP contribution in [0, 0.1) is 5.95 Å². The van der Waals surface area contributed by atoms with Crippen LogP contribution in [0.2, 0.25) is 0 Å². The summed E-state index contributed by atoms with van der Waals surface area (Å²) in [5.41, 5.74) is 6.11. The highest BCUT2D eigenvalue weighted by atomic mass is 19.1. The number of aromatic nitrogens is 1. The molecule has 0 saturated heterocycles. The van der Waals surface area contributed by atoms with E-state index < -0.39 is 5.95 Å². The van der Waals surface area contributed by atoms with Crippen LogP contribution in [-0.4, -0.2) is 17.1 Å². The van der Waals surface area contributed by atoms with E-state index in [-0.39, 0.29) is 18.8 Å². The van der Waals surface area contributed by atoms with E-state index in [1.165, 1.54) is 6.20 Å². The predicted molar refractivity (Wildman–Crippen MR) is 50.0 cm³/mol. The van der Waals surface area contributed by atoms with Gasteiger partial charge in [-0.15, -0.1) is 0 Å². The predicted octanol–water partition coefficient (Wildman–Crippen LogP) is 1.23. The molecule has 4 heteroatoms. The zero-order chi connectivity index (χ0) is 9.97. The molecule has 76 valence electrons. The molecule has 1 aliphatic rings. The Bertz CT molecular complexity index is 313. The number of hydrogen-bond donors (Lipinski definition) is 1. The molecule has 0 radical (unpaired) electrons. The van der Waals surface area contributed by atoms with Gasteiger partial charge >= 0.3 is 0 Å². The smallest absolute Gasteiger partial charge is 0.218 e. The van der Waals surface area contributed by atoms with Gasteiger partial charge in [-0.25, -0.2) is 4.98 Å². The number of rotatable bonds is 3. The first-order valence-corrected chi connectivity index (χ1v) is 4.72. The number of halogens is 1. The first-order chi connectivity index (χ1) is 6.75. The normalized spacial score (nSPS) is 25.9. The number of nitrogens with zero attached hydrogens (tertiary/aromatic N) is 1. The van der Waals surface area contributed by atoms with E-state index in [0.717, 1.165) is 12.8 Å². The van der Waals surface area contributed by atoms with Crippen LogP contribution in [0.4, 0.5) is 4.39 Å². The summed E-state index contributed by atoms with van der Waals surface area (Å²) in [5.74, 6) is -0.448. The van der Waals surface area contributed by atoms with E-state index in [2.05, 4.69) is 4.98 Å². The van der Waals surface area contributed by atoms with Crippen molar-refractivity contribution in [2.75, 3.05) is 0 Å². The van der Waals surface area contributed by atoms with Crippen molar-refractivity contribution in [3.63, 3.8) is 0 Å². The molecule has 1 aliphatic carbocycles. The molecule has 1 aromatic heterocycles. The highest BCUT2D eigenvalue weighted by Gasteiger charge is 2.26. The third kappa shape index (κ3) is 2.08. The second-order valence-corrected chi connectivity index (χ2v) is 3.62. The third-order valence-corrected chi connectivity index (χ3v) is 2.44. The van der Waals surface area contributed by atoms with Crippen LogP contribution in [0.25, 0.3) is 0 Å². The third-order valence-electron chi connectivity index (χ3n) is 2.44. The molecule has 1 fully saturated rings. The van der Waals surface area contributed by atoms with Crippen LogP contribution >= 0.6 is 0 Å². The maximum atomic E-state index is 13.0. The van der Waals surface area contributed by atoms with Crippen LogP contribution < -0.4 is 5.73 Å². The number of nitrogens with two attached hydrogens (primary N) is 1. The largest absolute Gasteiger partial charge is 0.373 e. The van der Waals surface area contributed by atoms with Gasteiger partial charge < -0.3 is 10.5 Å². The highest BCUT2D eigenvalue weighted by molar-refractivity contribution is 5.09. The Morgan fingerprint density at radius 2 is 2.36 bits per heavy atom. The lowest BCUT2D eigenvalue weighted by atomic mass is 9.90. The molecule has 3 nitrogen and oxygen atoms in total. The molecule has 1 saturated carbocycles. The molecular formula is C10H13FN2O. The van der Waals surface area contributed by atoms with Crippen LogP contribution in [0.15, 0.2) is 18.3 Å². The van der Waals surface area contributed by atoms with Gasteiger partial charge in [0.05, 0.1) is 12.7 Å². The molecule has 2 rings (SSSR count). The van der Waals surface area contributed by atoms with Crippen molar-refractivity contribution in [3.8, 4) is 0 Å². The van der Waals surface area contributed by atoms with Crippen molar-refractivity contribution in [1.29, 1.82) is 0 Å². The molecule has 0 aliphatic heterocycles. The average Bonchev–Trinajstić information content (AvgIpc) is 2.13. The van der Waals surface area contributed by atoms with Gasteiger partial charge in [0.15, 0.2) is 0 Å². The van der Waals surface area contributed by atoms with Gasteiger partial charge in [-0.2, -0.15) is 4.39 Å². The molecule has 2 N–H and O–H groups in total. The molecule has 0 amide bonds. The maximum absolute atomic E-state index is 13.0. The fourth-order valence-corrected chi connectivity index (χ4v) is 1.48. The Morgan fingerprint density at radius 3 is 3.00 bits per heavy atom. The fourth-order valence-electron chi connectivity index (χ4n) is 1.48. The summed E-state index contributed by atoms with van der Waals surface area (Å²) < 4.78 is 18.5. The van der Waals surface area contributed by atoms with E-state index in [9.17, 15) is 4.39 Å². The summed E-state index contributed by atoms with van der Waals surface area (Å²) in [7, 11) is 0. The lowest BCUT2D eigenvalue weighted by Crippen LogP contribution is -2.41. The Labute approximate surface area is 82.1 Å². The van der Waals surface area contributed by atoms with Crippen molar-refractivity contribution < 1.29 is 9.13 Å². The minimum atomic E-state index is -0.448. The van der Waals surface area contributed by atoms with Crippen LogP contribution in [0.1, 0.15) is 18.4 Å². The summed E-state index contributed by atoms with van der Waals surface area (Å²) in [6.45, 7) is 0.289. The van der Waals surface area contributed by atoms with E-state index >= 15 is 0 Å². The Kier molecular flexibility index (Phi) is 2.74. The highest BCUT2D eigenvalue weighted by Crippen LogP contribution is 2.22. The quantitative estimate of drug-likeness (QED) is 0.739. The number of hydrogen-bond acceptors (Lipinski definition) is 3. The van der Waals surface area contributed by atoms with Gasteiger partial charge in [0, 0.05) is 17.8 Å². The van der Waals surface area contributed by atoms with Crippen LogP contribution in [0.3, 0.4) is 0 Å². The van der Waals surface area contributed by atoms with Crippen molar-refractivity contribution in [3.05, 3.63) is 29.8 Å². The first-order valence-electron chi connectivity index (χ1n) is 4.72. The molecule has 14 heavy (non-hydrogen) atoms. The number of ether oxygens (including phenoxy) is 1. The first kappa shape index (κ1) is 9.55. The number of pyridine rings is 1. The molecule has 0 spiro atoms. The Hall–Kier alpha value is -1.00. The van der Waals surface area contributed by atoms with Gasteiger partial charge in [-0.1, -0.05) is 6.07 Å². The van der Waals surface area contributed by atoms with Gasteiger partial charge in [-0.3, -0.25) is 0 Å². The molecule has 0 bridgehead atoms. The topological polar surface area (TPSA) is 48.1 Å². The van der Waals surface area contributed by atoms with E-state index in [1.54, 1.807) is 12.1 Å². The Morgan fingerprint density at radius 1 is 1.57 bits per heavy atom. The zero-order valence-corrected chi connectivity index (χ0v) is 7.82. The lowest BCUT2D eigenvalue weighted by Gasteiger charge is -2.32. The van der Waals surface area contributed by atoms with Crippen molar-refractivity contribution in [2.24, 2.45) is 5.73 Å². The van der Waals surface area contributed by atoms with Crippen molar-refractivity contribution in [2.45, 2.75) is 31.6 Å². The van der Waals surface area contributed by atoms with Crippen molar-refractivity contribution >= 4 is 0 Å². The van der Waals surface area contributed by atoms with E-state index in [1.807, 2.05) is 0 Å². The van der Waals surface area contributed by atoms with Crippen LogP contribution in [0.5, 0.6) is 0 Å². The Balaban J connectivity index is 1.83.